The lowest BCUT2D eigenvalue weighted by atomic mass is 10.0. The fourth-order valence-corrected chi connectivity index (χ4v) is 8.08. The minimum atomic E-state index is -0.668. The van der Waals surface area contributed by atoms with Crippen LogP contribution >= 0.6 is 0 Å². The zero-order valence-electron chi connectivity index (χ0n) is 40.2. The van der Waals surface area contributed by atoms with Gasteiger partial charge < -0.3 is 20.3 Å². The number of hydrogen-bond donors (Lipinski definition) is 3. The first-order chi connectivity index (χ1) is 29.5. The van der Waals surface area contributed by atoms with Crippen molar-refractivity contribution in [3.63, 3.8) is 0 Å². The van der Waals surface area contributed by atoms with Crippen molar-refractivity contribution >= 4 is 11.9 Å². The van der Waals surface area contributed by atoms with Gasteiger partial charge in [0.25, 0.3) is 0 Å². The molecule has 0 saturated heterocycles. The fraction of sp³-hybridized carbons (Fsp3) is 0.889. The first kappa shape index (κ1) is 58.3. The zero-order chi connectivity index (χ0) is 43.7. The van der Waals surface area contributed by atoms with Gasteiger partial charge in [-0.25, -0.2) is 0 Å². The molecule has 0 aliphatic heterocycles. The molecule has 1 amide bonds. The molecule has 2 unspecified atom stereocenters. The van der Waals surface area contributed by atoms with Gasteiger partial charge >= 0.3 is 5.97 Å². The van der Waals surface area contributed by atoms with Crippen LogP contribution in [0.4, 0.5) is 0 Å². The number of ether oxygens (including phenoxy) is 1. The average molecular weight is 846 g/mol. The van der Waals surface area contributed by atoms with E-state index in [-0.39, 0.29) is 18.5 Å². The number of carbonyl (C=O) groups excluding carboxylic acids is 2. The summed E-state index contributed by atoms with van der Waals surface area (Å²) >= 11 is 0. The molecule has 0 fully saturated rings. The van der Waals surface area contributed by atoms with Crippen LogP contribution in [0.15, 0.2) is 24.3 Å². The Balaban J connectivity index is 3.43. The Morgan fingerprint density at radius 3 is 1.23 bits per heavy atom. The number of aliphatic hydroxyl groups excluding tert-OH is 2. The highest BCUT2D eigenvalue weighted by Crippen LogP contribution is 2.16. The first-order valence-electron chi connectivity index (χ1n) is 26.6. The highest BCUT2D eigenvalue weighted by Gasteiger charge is 2.20. The second-order valence-electron chi connectivity index (χ2n) is 18.2. The van der Waals surface area contributed by atoms with E-state index >= 15 is 0 Å². The predicted octanol–water partition coefficient (Wildman–Crippen LogP) is 15.9. The number of amides is 1. The van der Waals surface area contributed by atoms with Gasteiger partial charge in [0.05, 0.1) is 25.4 Å². The third-order valence-electron chi connectivity index (χ3n) is 12.2. The number of allylic oxidation sites excluding steroid dienone is 4. The molecule has 0 bridgehead atoms. The molecule has 0 radical (unpaired) electrons. The monoisotopic (exact) mass is 846 g/mol. The zero-order valence-corrected chi connectivity index (χ0v) is 40.2. The molecule has 0 heterocycles. The van der Waals surface area contributed by atoms with Crippen LogP contribution in [-0.4, -0.2) is 47.4 Å². The second-order valence-corrected chi connectivity index (χ2v) is 18.2. The second kappa shape index (κ2) is 50.0. The minimum absolute atomic E-state index is 0.00517. The predicted molar refractivity (Wildman–Crippen MR) is 260 cm³/mol. The molecular weight excluding hydrogens is 743 g/mol. The van der Waals surface area contributed by atoms with E-state index in [1.165, 1.54) is 205 Å². The Morgan fingerprint density at radius 1 is 0.450 bits per heavy atom. The number of nitrogens with one attached hydrogen (secondary N) is 1. The summed E-state index contributed by atoms with van der Waals surface area (Å²) < 4.78 is 5.44. The van der Waals surface area contributed by atoms with Crippen LogP contribution in [0.1, 0.15) is 284 Å². The Labute approximate surface area is 373 Å². The summed E-state index contributed by atoms with van der Waals surface area (Å²) in [6, 6.07) is -0.546. The molecule has 0 rings (SSSR count). The lowest BCUT2D eigenvalue weighted by Gasteiger charge is -2.22. The van der Waals surface area contributed by atoms with E-state index in [1.54, 1.807) is 0 Å². The summed E-state index contributed by atoms with van der Waals surface area (Å²) in [4.78, 5) is 24.4. The third-order valence-corrected chi connectivity index (χ3v) is 12.2. The molecule has 6 nitrogen and oxygen atoms in total. The standard InChI is InChI=1S/C54H103NO5/c1-3-5-7-9-11-13-15-27-30-34-38-42-46-52(57)51(50-56)55-53(58)47-43-39-35-31-28-24-22-20-18-16-17-19-21-23-25-29-33-37-41-45-49-60-54(59)48-44-40-36-32-26-14-12-10-8-6-4-2/h10,12,16,18,51-52,56-57H,3-9,11,13-15,17,19-50H2,1-2H3,(H,55,58)/b12-10-,18-16-. The normalized spacial score (nSPS) is 12.8. The topological polar surface area (TPSA) is 95.9 Å². The van der Waals surface area contributed by atoms with Gasteiger partial charge in [-0.15, -0.1) is 0 Å². The number of hydrogen-bond acceptors (Lipinski definition) is 5. The van der Waals surface area contributed by atoms with Crippen LogP contribution in [-0.2, 0) is 14.3 Å². The Kier molecular flexibility index (Phi) is 48.6. The van der Waals surface area contributed by atoms with Gasteiger partial charge in [-0.3, -0.25) is 9.59 Å². The van der Waals surface area contributed by atoms with Crippen LogP contribution in [0, 0.1) is 0 Å². The smallest absolute Gasteiger partial charge is 0.305 e. The summed E-state index contributed by atoms with van der Waals surface area (Å²) in [5, 5.41) is 23.2. The van der Waals surface area contributed by atoms with E-state index in [9.17, 15) is 19.8 Å². The van der Waals surface area contributed by atoms with Crippen molar-refractivity contribution in [1.29, 1.82) is 0 Å². The van der Waals surface area contributed by atoms with Crippen molar-refractivity contribution in [3.05, 3.63) is 24.3 Å². The fourth-order valence-electron chi connectivity index (χ4n) is 8.08. The van der Waals surface area contributed by atoms with Crippen molar-refractivity contribution in [2.75, 3.05) is 13.2 Å². The molecule has 0 saturated carbocycles. The van der Waals surface area contributed by atoms with Gasteiger partial charge in [0, 0.05) is 12.8 Å². The summed E-state index contributed by atoms with van der Waals surface area (Å²) in [6.45, 7) is 4.90. The first-order valence-corrected chi connectivity index (χ1v) is 26.6. The molecule has 3 N–H and O–H groups in total. The maximum absolute atomic E-state index is 12.4. The van der Waals surface area contributed by atoms with Gasteiger partial charge in [-0.2, -0.15) is 0 Å². The van der Waals surface area contributed by atoms with Crippen molar-refractivity contribution in [2.45, 2.75) is 296 Å². The Hall–Kier alpha value is -1.66. The quantitative estimate of drug-likeness (QED) is 0.0322. The summed E-state index contributed by atoms with van der Waals surface area (Å²) in [7, 11) is 0. The molecule has 0 aliphatic carbocycles. The maximum atomic E-state index is 12.4. The van der Waals surface area contributed by atoms with Gasteiger partial charge in [-0.1, -0.05) is 224 Å². The molecule has 0 aromatic carbocycles. The highest BCUT2D eigenvalue weighted by molar-refractivity contribution is 5.76. The van der Waals surface area contributed by atoms with Crippen LogP contribution in [0.2, 0.25) is 0 Å². The highest BCUT2D eigenvalue weighted by atomic mass is 16.5. The number of unbranched alkanes of at least 4 members (excludes halogenated alkanes) is 34. The van der Waals surface area contributed by atoms with Gasteiger partial charge in [-0.05, 0) is 70.6 Å². The number of carbonyl (C=O) groups is 2. The van der Waals surface area contributed by atoms with E-state index in [1.807, 2.05) is 0 Å². The van der Waals surface area contributed by atoms with Crippen LogP contribution in [0.25, 0.3) is 0 Å². The van der Waals surface area contributed by atoms with E-state index < -0.39 is 12.1 Å². The lowest BCUT2D eigenvalue weighted by Crippen LogP contribution is -2.45. The Morgan fingerprint density at radius 2 is 0.800 bits per heavy atom. The molecule has 6 heteroatoms. The third kappa shape index (κ3) is 45.9. The summed E-state index contributed by atoms with van der Waals surface area (Å²) in [5.41, 5.74) is 0. The largest absolute Gasteiger partial charge is 0.466 e. The van der Waals surface area contributed by atoms with Crippen LogP contribution in [0.3, 0.4) is 0 Å². The van der Waals surface area contributed by atoms with Crippen LogP contribution < -0.4 is 5.32 Å². The van der Waals surface area contributed by atoms with E-state index in [4.69, 9.17) is 4.74 Å². The molecular formula is C54H103NO5. The number of esters is 1. The summed E-state index contributed by atoms with van der Waals surface area (Å²) in [5.74, 6) is -0.0495. The van der Waals surface area contributed by atoms with Crippen molar-refractivity contribution in [3.8, 4) is 0 Å². The summed E-state index contributed by atoms with van der Waals surface area (Å²) in [6.07, 6.45) is 58.7. The van der Waals surface area contributed by atoms with Crippen LogP contribution in [0.5, 0.6) is 0 Å². The van der Waals surface area contributed by atoms with Crippen molar-refractivity contribution in [2.24, 2.45) is 0 Å². The number of rotatable bonds is 49. The van der Waals surface area contributed by atoms with Gasteiger partial charge in [0.15, 0.2) is 0 Å². The lowest BCUT2D eigenvalue weighted by molar-refractivity contribution is -0.143. The Bertz CT molecular complexity index is 935. The molecule has 0 aromatic heterocycles. The van der Waals surface area contributed by atoms with Gasteiger partial charge in [0.1, 0.15) is 0 Å². The van der Waals surface area contributed by atoms with E-state index in [0.29, 0.717) is 25.9 Å². The molecule has 354 valence electrons. The number of aliphatic hydroxyl groups is 2. The van der Waals surface area contributed by atoms with Gasteiger partial charge in [0.2, 0.25) is 5.91 Å². The molecule has 0 spiro atoms. The molecule has 0 aromatic rings. The van der Waals surface area contributed by atoms with Crippen molar-refractivity contribution < 1.29 is 24.5 Å². The molecule has 2 atom stereocenters. The average Bonchev–Trinajstić information content (AvgIpc) is 3.25. The minimum Gasteiger partial charge on any atom is -0.466 e. The van der Waals surface area contributed by atoms with E-state index in [2.05, 4.69) is 43.5 Å². The molecule has 0 aliphatic rings. The van der Waals surface area contributed by atoms with Crippen molar-refractivity contribution in [1.82, 2.24) is 5.32 Å². The van der Waals surface area contributed by atoms with E-state index in [0.717, 1.165) is 44.9 Å². The SMILES string of the molecule is CCCC/C=C\CCCCCCCC(=O)OCCCCCCCCCCC/C=C\CCCCCCCCCC(=O)NC(CO)C(O)CCCCCCCCCCCCCC. The molecule has 60 heavy (non-hydrogen) atoms. The maximum Gasteiger partial charge on any atom is 0.305 e.